The molecule has 2 aromatic heterocycles. The first-order valence-corrected chi connectivity index (χ1v) is 9.57. The Morgan fingerprint density at radius 1 is 1.38 bits per heavy atom. The number of hydrogen-bond acceptors (Lipinski definition) is 4. The van der Waals surface area contributed by atoms with Gasteiger partial charge in [0.05, 0.1) is 5.69 Å². The molecule has 1 unspecified atom stereocenters. The molecule has 0 aromatic carbocycles. The molecule has 1 spiro atoms. The van der Waals surface area contributed by atoms with Gasteiger partial charge < -0.3 is 9.47 Å². The molecule has 1 saturated heterocycles. The van der Waals surface area contributed by atoms with Gasteiger partial charge in [0.2, 0.25) is 0 Å². The van der Waals surface area contributed by atoms with E-state index in [4.69, 9.17) is 0 Å². The Kier molecular flexibility index (Phi) is 4.12. The van der Waals surface area contributed by atoms with Gasteiger partial charge in [0, 0.05) is 32.6 Å². The van der Waals surface area contributed by atoms with E-state index in [2.05, 4.69) is 33.7 Å². The molecular formula is C19H28N6O. The number of aromatic nitrogens is 5. The van der Waals surface area contributed by atoms with E-state index in [0.29, 0.717) is 11.6 Å². The standard InChI is InChI=1S/C19H28N6O/c1-13(2)9-25-12-20-21-17(25)15-10-24(11-19(15)6-5-7-19)18(26)16-8-14(3)22-23(16)4/h8,12-13,15H,5-7,9-11H2,1-4H3. The summed E-state index contributed by atoms with van der Waals surface area (Å²) >= 11 is 0. The Morgan fingerprint density at radius 3 is 2.73 bits per heavy atom. The van der Waals surface area contributed by atoms with E-state index in [1.54, 1.807) is 4.68 Å². The third-order valence-electron chi connectivity index (χ3n) is 6.02. The molecule has 7 heteroatoms. The molecular weight excluding hydrogens is 328 g/mol. The van der Waals surface area contributed by atoms with Crippen LogP contribution in [0.3, 0.4) is 0 Å². The Bertz CT molecular complexity index is 816. The summed E-state index contributed by atoms with van der Waals surface area (Å²) in [4.78, 5) is 15.1. The molecule has 2 aromatic rings. The maximum atomic E-state index is 13.1. The fraction of sp³-hybridized carbons (Fsp3) is 0.684. The van der Waals surface area contributed by atoms with E-state index < -0.39 is 0 Å². The molecule has 0 N–H and O–H groups in total. The summed E-state index contributed by atoms with van der Waals surface area (Å²) < 4.78 is 3.89. The number of carbonyl (C=O) groups excluding carboxylic acids is 1. The van der Waals surface area contributed by atoms with Gasteiger partial charge in [-0.1, -0.05) is 20.3 Å². The zero-order valence-corrected chi connectivity index (χ0v) is 16.1. The molecule has 1 saturated carbocycles. The fourth-order valence-electron chi connectivity index (χ4n) is 4.66. The minimum absolute atomic E-state index is 0.0804. The maximum Gasteiger partial charge on any atom is 0.272 e. The fourth-order valence-corrected chi connectivity index (χ4v) is 4.66. The molecule has 0 bridgehead atoms. The lowest BCUT2D eigenvalue weighted by atomic mass is 9.62. The highest BCUT2D eigenvalue weighted by atomic mass is 16.2. The van der Waals surface area contributed by atoms with Crippen molar-refractivity contribution in [3.63, 3.8) is 0 Å². The van der Waals surface area contributed by atoms with Gasteiger partial charge in [0.15, 0.2) is 0 Å². The second-order valence-electron chi connectivity index (χ2n) is 8.48. The molecule has 0 radical (unpaired) electrons. The highest BCUT2D eigenvalue weighted by molar-refractivity contribution is 5.93. The van der Waals surface area contributed by atoms with Gasteiger partial charge in [0.25, 0.3) is 5.91 Å². The van der Waals surface area contributed by atoms with E-state index in [1.807, 2.05) is 31.3 Å². The first kappa shape index (κ1) is 17.2. The van der Waals surface area contributed by atoms with Crippen LogP contribution in [0.2, 0.25) is 0 Å². The van der Waals surface area contributed by atoms with Crippen LogP contribution in [0.15, 0.2) is 12.4 Å². The summed E-state index contributed by atoms with van der Waals surface area (Å²) in [5.74, 6) is 1.95. The van der Waals surface area contributed by atoms with Crippen molar-refractivity contribution >= 4 is 5.91 Å². The van der Waals surface area contributed by atoms with Gasteiger partial charge in [0.1, 0.15) is 17.8 Å². The molecule has 2 fully saturated rings. The van der Waals surface area contributed by atoms with Crippen LogP contribution >= 0.6 is 0 Å². The minimum Gasteiger partial charge on any atom is -0.336 e. The molecule has 26 heavy (non-hydrogen) atoms. The number of likely N-dealkylation sites (tertiary alicyclic amines) is 1. The van der Waals surface area contributed by atoms with Gasteiger partial charge in [-0.2, -0.15) is 5.10 Å². The van der Waals surface area contributed by atoms with Crippen LogP contribution in [-0.4, -0.2) is 48.4 Å². The molecule has 3 heterocycles. The van der Waals surface area contributed by atoms with E-state index in [-0.39, 0.29) is 17.2 Å². The van der Waals surface area contributed by atoms with Crippen molar-refractivity contribution in [2.45, 2.75) is 52.5 Å². The summed E-state index contributed by atoms with van der Waals surface area (Å²) in [5.41, 5.74) is 1.72. The molecule has 2 aliphatic rings. The van der Waals surface area contributed by atoms with Crippen LogP contribution in [-0.2, 0) is 13.6 Å². The Balaban J connectivity index is 1.62. The van der Waals surface area contributed by atoms with E-state index in [1.165, 1.54) is 19.3 Å². The van der Waals surface area contributed by atoms with Crippen molar-refractivity contribution < 1.29 is 4.79 Å². The molecule has 1 aliphatic carbocycles. The number of aryl methyl sites for hydroxylation is 2. The van der Waals surface area contributed by atoms with Crippen LogP contribution in [0.4, 0.5) is 0 Å². The maximum absolute atomic E-state index is 13.1. The van der Waals surface area contributed by atoms with Crippen molar-refractivity contribution in [1.82, 2.24) is 29.4 Å². The Hall–Kier alpha value is -2.18. The topological polar surface area (TPSA) is 68.8 Å². The zero-order chi connectivity index (χ0) is 18.5. The average molecular weight is 356 g/mol. The number of amides is 1. The first-order chi connectivity index (χ1) is 12.4. The number of nitrogens with zero attached hydrogens (tertiary/aromatic N) is 6. The van der Waals surface area contributed by atoms with Crippen LogP contribution in [0.5, 0.6) is 0 Å². The molecule has 1 amide bonds. The van der Waals surface area contributed by atoms with Crippen molar-refractivity contribution in [3.8, 4) is 0 Å². The van der Waals surface area contributed by atoms with Gasteiger partial charge in [-0.15, -0.1) is 10.2 Å². The number of rotatable bonds is 4. The summed E-state index contributed by atoms with van der Waals surface area (Å²) in [6.45, 7) is 8.79. The Morgan fingerprint density at radius 2 is 2.15 bits per heavy atom. The van der Waals surface area contributed by atoms with E-state index >= 15 is 0 Å². The third-order valence-corrected chi connectivity index (χ3v) is 6.02. The highest BCUT2D eigenvalue weighted by Gasteiger charge is 2.53. The second kappa shape index (κ2) is 6.21. The quantitative estimate of drug-likeness (QED) is 0.843. The highest BCUT2D eigenvalue weighted by Crippen LogP contribution is 2.55. The van der Waals surface area contributed by atoms with Crippen molar-refractivity contribution in [2.24, 2.45) is 18.4 Å². The van der Waals surface area contributed by atoms with Crippen molar-refractivity contribution in [2.75, 3.05) is 13.1 Å². The van der Waals surface area contributed by atoms with Crippen molar-refractivity contribution in [3.05, 3.63) is 29.6 Å². The van der Waals surface area contributed by atoms with Crippen LogP contribution in [0, 0.1) is 18.3 Å². The lowest BCUT2D eigenvalue weighted by Crippen LogP contribution is -2.38. The molecule has 1 aliphatic heterocycles. The normalized spacial score (nSPS) is 21.6. The minimum atomic E-state index is 0.0804. The van der Waals surface area contributed by atoms with E-state index in [9.17, 15) is 4.79 Å². The molecule has 140 valence electrons. The van der Waals surface area contributed by atoms with Crippen LogP contribution < -0.4 is 0 Å². The average Bonchev–Trinajstić information content (AvgIpc) is 3.21. The van der Waals surface area contributed by atoms with Gasteiger partial charge in [-0.25, -0.2) is 0 Å². The molecule has 7 nitrogen and oxygen atoms in total. The third kappa shape index (κ3) is 2.73. The number of hydrogen-bond donors (Lipinski definition) is 0. The van der Waals surface area contributed by atoms with Crippen molar-refractivity contribution in [1.29, 1.82) is 0 Å². The largest absolute Gasteiger partial charge is 0.336 e. The van der Waals surface area contributed by atoms with Crippen LogP contribution in [0.1, 0.15) is 61.0 Å². The molecule has 1 atom stereocenters. The van der Waals surface area contributed by atoms with Crippen LogP contribution in [0.25, 0.3) is 0 Å². The lowest BCUT2D eigenvalue weighted by Gasteiger charge is -2.42. The monoisotopic (exact) mass is 356 g/mol. The Labute approximate surface area is 154 Å². The van der Waals surface area contributed by atoms with Gasteiger partial charge in [-0.3, -0.25) is 9.48 Å². The lowest BCUT2D eigenvalue weighted by molar-refractivity contribution is 0.0713. The second-order valence-corrected chi connectivity index (χ2v) is 8.48. The summed E-state index contributed by atoms with van der Waals surface area (Å²) in [6, 6.07) is 1.88. The SMILES string of the molecule is Cc1cc(C(=O)N2CC(c3nncn3CC(C)C)C3(CCC3)C2)n(C)n1. The van der Waals surface area contributed by atoms with E-state index in [0.717, 1.165) is 31.2 Å². The first-order valence-electron chi connectivity index (χ1n) is 9.57. The van der Waals surface area contributed by atoms with Gasteiger partial charge >= 0.3 is 0 Å². The summed E-state index contributed by atoms with van der Waals surface area (Å²) in [5, 5.41) is 13.0. The zero-order valence-electron chi connectivity index (χ0n) is 16.1. The molecule has 4 rings (SSSR count). The predicted octanol–water partition coefficient (Wildman–Crippen LogP) is 2.39. The smallest absolute Gasteiger partial charge is 0.272 e. The van der Waals surface area contributed by atoms with Gasteiger partial charge in [-0.05, 0) is 37.2 Å². The predicted molar refractivity (Wildman–Crippen MR) is 97.7 cm³/mol. The number of carbonyl (C=O) groups is 1. The summed E-state index contributed by atoms with van der Waals surface area (Å²) in [6.07, 6.45) is 5.42. The summed E-state index contributed by atoms with van der Waals surface area (Å²) in [7, 11) is 1.84.